The van der Waals surface area contributed by atoms with Crippen LogP contribution in [0.2, 0.25) is 0 Å². The van der Waals surface area contributed by atoms with Gasteiger partial charge in [0.25, 0.3) is 0 Å². The molecule has 0 saturated carbocycles. The van der Waals surface area contributed by atoms with Gasteiger partial charge in [0.2, 0.25) is 0 Å². The monoisotopic (exact) mass is 258 g/mol. The lowest BCUT2D eigenvalue weighted by atomic mass is 10.1. The highest BCUT2D eigenvalue weighted by Gasteiger charge is 2.20. The molecule has 2 heterocycles. The smallest absolute Gasteiger partial charge is 0.130 e. The molecule has 0 spiro atoms. The van der Waals surface area contributed by atoms with Gasteiger partial charge in [0.05, 0.1) is 6.61 Å². The molecule has 3 rings (SSSR count). The normalized spacial score (nSPS) is 19.0. The predicted octanol–water partition coefficient (Wildman–Crippen LogP) is 3.31. The van der Waals surface area contributed by atoms with Crippen LogP contribution in [0.25, 0.3) is 11.3 Å². The molecule has 1 aliphatic rings. The molecule has 18 heavy (non-hydrogen) atoms. The Bertz CT molecular complexity index is 588. The first-order chi connectivity index (χ1) is 8.83. The van der Waals surface area contributed by atoms with Crippen LogP contribution in [0.3, 0.4) is 0 Å². The molecule has 1 saturated heterocycles. The molecule has 1 N–H and O–H groups in total. The topological polar surface area (TPSA) is 37.9 Å². The lowest BCUT2D eigenvalue weighted by Crippen LogP contribution is -2.05. The minimum atomic E-state index is 0.343. The molecule has 2 aromatic rings. The molecule has 4 heteroatoms. The lowest BCUT2D eigenvalue weighted by molar-refractivity contribution is 0.193. The van der Waals surface area contributed by atoms with E-state index in [0.29, 0.717) is 10.6 Å². The Balaban J connectivity index is 2.03. The van der Waals surface area contributed by atoms with Gasteiger partial charge in [0.15, 0.2) is 0 Å². The van der Waals surface area contributed by atoms with E-state index in [1.165, 1.54) is 0 Å². The second-order valence-electron chi connectivity index (χ2n) is 4.44. The summed E-state index contributed by atoms with van der Waals surface area (Å²) in [5, 5.41) is 0. The van der Waals surface area contributed by atoms with Crippen LogP contribution in [0, 0.1) is 4.64 Å². The van der Waals surface area contributed by atoms with Gasteiger partial charge in [-0.15, -0.1) is 0 Å². The van der Waals surface area contributed by atoms with Crippen molar-refractivity contribution in [1.82, 2.24) is 9.97 Å². The highest BCUT2D eigenvalue weighted by atomic mass is 32.1. The predicted molar refractivity (Wildman–Crippen MR) is 73.0 cm³/mol. The number of aromatic nitrogens is 2. The summed E-state index contributed by atoms with van der Waals surface area (Å²) in [5.74, 6) is 1.29. The number of rotatable bonds is 2. The number of benzene rings is 1. The van der Waals surface area contributed by atoms with Gasteiger partial charge in [-0.1, -0.05) is 42.5 Å². The van der Waals surface area contributed by atoms with Crippen LogP contribution in [-0.2, 0) is 4.74 Å². The molecule has 1 aromatic carbocycles. The van der Waals surface area contributed by atoms with Crippen molar-refractivity contribution in [2.75, 3.05) is 13.2 Å². The van der Waals surface area contributed by atoms with Gasteiger partial charge in [-0.2, -0.15) is 0 Å². The number of nitrogens with one attached hydrogen (secondary N) is 1. The van der Waals surface area contributed by atoms with E-state index in [0.717, 1.165) is 36.7 Å². The van der Waals surface area contributed by atoms with Crippen LogP contribution in [0.5, 0.6) is 0 Å². The molecule has 1 unspecified atom stereocenters. The summed E-state index contributed by atoms with van der Waals surface area (Å²) in [6.45, 7) is 1.54. The van der Waals surface area contributed by atoms with E-state index < -0.39 is 0 Å². The molecular formula is C14H14N2OS. The zero-order chi connectivity index (χ0) is 12.4. The molecule has 0 amide bonds. The Hall–Kier alpha value is -1.52. The minimum absolute atomic E-state index is 0.343. The third-order valence-electron chi connectivity index (χ3n) is 3.16. The molecular weight excluding hydrogens is 244 g/mol. The quantitative estimate of drug-likeness (QED) is 0.840. The molecule has 0 bridgehead atoms. The van der Waals surface area contributed by atoms with Crippen molar-refractivity contribution in [3.05, 3.63) is 46.9 Å². The highest BCUT2D eigenvalue weighted by molar-refractivity contribution is 7.71. The van der Waals surface area contributed by atoms with Gasteiger partial charge >= 0.3 is 0 Å². The Morgan fingerprint density at radius 3 is 2.83 bits per heavy atom. The van der Waals surface area contributed by atoms with Gasteiger partial charge in [-0.3, -0.25) is 0 Å². The van der Waals surface area contributed by atoms with E-state index >= 15 is 0 Å². The van der Waals surface area contributed by atoms with Gasteiger partial charge in [0, 0.05) is 18.2 Å². The fourth-order valence-corrected chi connectivity index (χ4v) is 2.41. The highest BCUT2D eigenvalue weighted by Crippen LogP contribution is 2.24. The average Bonchev–Trinajstić information content (AvgIpc) is 2.93. The molecule has 1 fully saturated rings. The van der Waals surface area contributed by atoms with Crippen LogP contribution in [-0.4, -0.2) is 23.2 Å². The Morgan fingerprint density at radius 1 is 1.28 bits per heavy atom. The van der Waals surface area contributed by atoms with E-state index in [-0.39, 0.29) is 0 Å². The third kappa shape index (κ3) is 2.35. The summed E-state index contributed by atoms with van der Waals surface area (Å²) in [5.41, 5.74) is 2.16. The first-order valence-corrected chi connectivity index (χ1v) is 6.48. The lowest BCUT2D eigenvalue weighted by Gasteiger charge is -2.10. The van der Waals surface area contributed by atoms with Gasteiger partial charge < -0.3 is 9.72 Å². The second kappa shape index (κ2) is 5.00. The largest absolute Gasteiger partial charge is 0.381 e. The fraction of sp³-hybridized carbons (Fsp3) is 0.286. The van der Waals surface area contributed by atoms with E-state index in [2.05, 4.69) is 22.1 Å². The van der Waals surface area contributed by atoms with E-state index in [4.69, 9.17) is 17.0 Å². The van der Waals surface area contributed by atoms with Crippen LogP contribution in [0.15, 0.2) is 36.4 Å². The number of ether oxygens (including phenoxy) is 1. The van der Waals surface area contributed by atoms with Gasteiger partial charge in [-0.05, 0) is 18.1 Å². The number of nitrogens with zero attached hydrogens (tertiary/aromatic N) is 1. The molecule has 1 aliphatic heterocycles. The summed E-state index contributed by atoms with van der Waals surface area (Å²) in [7, 11) is 0. The van der Waals surface area contributed by atoms with Crippen molar-refractivity contribution in [2.45, 2.75) is 12.3 Å². The summed E-state index contributed by atoms with van der Waals surface area (Å²) in [6, 6.07) is 12.1. The molecule has 1 atom stereocenters. The van der Waals surface area contributed by atoms with Crippen molar-refractivity contribution >= 4 is 12.2 Å². The number of hydrogen-bond donors (Lipinski definition) is 1. The zero-order valence-electron chi connectivity index (χ0n) is 9.93. The Morgan fingerprint density at radius 2 is 2.11 bits per heavy atom. The van der Waals surface area contributed by atoms with Crippen molar-refractivity contribution in [2.24, 2.45) is 0 Å². The van der Waals surface area contributed by atoms with Gasteiger partial charge in [-0.25, -0.2) is 4.98 Å². The molecule has 92 valence electrons. The first-order valence-electron chi connectivity index (χ1n) is 6.07. The summed E-state index contributed by atoms with van der Waals surface area (Å²) >= 11 is 5.25. The maximum absolute atomic E-state index is 5.40. The van der Waals surface area contributed by atoms with Crippen LogP contribution < -0.4 is 0 Å². The van der Waals surface area contributed by atoms with Crippen molar-refractivity contribution in [3.8, 4) is 11.3 Å². The maximum Gasteiger partial charge on any atom is 0.130 e. The van der Waals surface area contributed by atoms with E-state index in [9.17, 15) is 0 Å². The van der Waals surface area contributed by atoms with Crippen LogP contribution >= 0.6 is 12.2 Å². The van der Waals surface area contributed by atoms with Crippen LogP contribution in [0.4, 0.5) is 0 Å². The van der Waals surface area contributed by atoms with E-state index in [1.807, 2.05) is 24.3 Å². The summed E-state index contributed by atoms with van der Waals surface area (Å²) < 4.78 is 6.04. The second-order valence-corrected chi connectivity index (χ2v) is 4.86. The van der Waals surface area contributed by atoms with Crippen molar-refractivity contribution < 1.29 is 4.74 Å². The SMILES string of the molecule is S=c1cc(-c2ccccc2)[nH]c(C2CCOC2)n1. The first kappa shape index (κ1) is 11.6. The maximum atomic E-state index is 5.40. The Kier molecular flexibility index (Phi) is 3.21. The number of H-pyrrole nitrogens is 1. The molecule has 3 nitrogen and oxygen atoms in total. The molecule has 0 aliphatic carbocycles. The third-order valence-corrected chi connectivity index (χ3v) is 3.37. The van der Waals surface area contributed by atoms with Crippen molar-refractivity contribution in [1.29, 1.82) is 0 Å². The fourth-order valence-electron chi connectivity index (χ4n) is 2.19. The standard InChI is InChI=1S/C14H14N2OS/c18-13-8-12(10-4-2-1-3-5-10)15-14(16-13)11-6-7-17-9-11/h1-5,8,11H,6-7,9H2,(H,15,16,18). The van der Waals surface area contributed by atoms with Gasteiger partial charge in [0.1, 0.15) is 10.5 Å². The summed E-state index contributed by atoms with van der Waals surface area (Å²) in [6.07, 6.45) is 1.01. The average molecular weight is 258 g/mol. The number of hydrogen-bond acceptors (Lipinski definition) is 3. The molecule has 1 aromatic heterocycles. The zero-order valence-corrected chi connectivity index (χ0v) is 10.7. The van der Waals surface area contributed by atoms with E-state index in [1.54, 1.807) is 0 Å². The van der Waals surface area contributed by atoms with Crippen molar-refractivity contribution in [3.63, 3.8) is 0 Å². The number of aromatic amines is 1. The molecule has 0 radical (unpaired) electrons. The van der Waals surface area contributed by atoms with Crippen LogP contribution in [0.1, 0.15) is 18.2 Å². The minimum Gasteiger partial charge on any atom is -0.381 e. The Labute approximate surface area is 111 Å². The summed E-state index contributed by atoms with van der Waals surface area (Å²) in [4.78, 5) is 7.81.